The van der Waals surface area contributed by atoms with Crippen LogP contribution in [0.4, 0.5) is 5.69 Å². The molecule has 0 saturated heterocycles. The van der Waals surface area contributed by atoms with Crippen molar-refractivity contribution in [3.8, 4) is 5.75 Å². The third-order valence-corrected chi connectivity index (χ3v) is 4.59. The fraction of sp³-hybridized carbons (Fsp3) is 0.318. The fourth-order valence-electron chi connectivity index (χ4n) is 2.72. The van der Waals surface area contributed by atoms with Gasteiger partial charge in [0.15, 0.2) is 12.4 Å². The number of carbonyl (C=O) groups excluding carboxylic acids is 3. The Bertz CT molecular complexity index is 903. The normalized spacial score (nSPS) is 12.9. The van der Waals surface area contributed by atoms with Crippen LogP contribution < -0.4 is 15.4 Å². The monoisotopic (exact) mass is 380 g/mol. The van der Waals surface area contributed by atoms with Gasteiger partial charge in [0.05, 0.1) is 0 Å². The number of carbonyl (C=O) groups is 3. The predicted octanol–water partition coefficient (Wildman–Crippen LogP) is 3.24. The summed E-state index contributed by atoms with van der Waals surface area (Å²) in [6, 6.07) is 12.6. The second-order valence-corrected chi connectivity index (χ2v) is 7.07. The zero-order chi connectivity index (χ0) is 20.1. The standard InChI is InChI=1S/C22H24N2O4/c1-14-6-7-18(15(2)25)11-20(14)28-13-21(26)23-12-16-4-3-5-19(10-16)24-22(27)17-8-9-17/h3-7,10-11,17H,8-9,12-13H2,1-2H3,(H,23,26)(H,24,27). The number of rotatable bonds is 8. The van der Waals surface area contributed by atoms with Gasteiger partial charge in [-0.2, -0.15) is 0 Å². The molecule has 146 valence electrons. The predicted molar refractivity (Wildman–Crippen MR) is 106 cm³/mol. The maximum atomic E-state index is 12.1. The first kappa shape index (κ1) is 19.6. The van der Waals surface area contributed by atoms with E-state index in [1.807, 2.05) is 31.2 Å². The van der Waals surface area contributed by atoms with Gasteiger partial charge in [0.25, 0.3) is 5.91 Å². The number of hydrogen-bond donors (Lipinski definition) is 2. The first-order valence-corrected chi connectivity index (χ1v) is 9.33. The molecule has 1 fully saturated rings. The Labute approximate surface area is 164 Å². The van der Waals surface area contributed by atoms with E-state index in [9.17, 15) is 14.4 Å². The van der Waals surface area contributed by atoms with E-state index in [1.54, 1.807) is 18.2 Å². The van der Waals surface area contributed by atoms with E-state index in [-0.39, 0.29) is 30.1 Å². The zero-order valence-electron chi connectivity index (χ0n) is 16.1. The van der Waals surface area contributed by atoms with Crippen molar-refractivity contribution >= 4 is 23.3 Å². The summed E-state index contributed by atoms with van der Waals surface area (Å²) in [4.78, 5) is 35.4. The summed E-state index contributed by atoms with van der Waals surface area (Å²) < 4.78 is 5.57. The lowest BCUT2D eigenvalue weighted by molar-refractivity contribution is -0.123. The number of ether oxygens (including phenoxy) is 1. The largest absolute Gasteiger partial charge is 0.483 e. The van der Waals surface area contributed by atoms with Crippen LogP contribution in [0, 0.1) is 12.8 Å². The number of benzene rings is 2. The number of ketones is 1. The van der Waals surface area contributed by atoms with Crippen LogP contribution in [0.15, 0.2) is 42.5 Å². The Hall–Kier alpha value is -3.15. The molecule has 2 N–H and O–H groups in total. The van der Waals surface area contributed by atoms with Crippen LogP contribution in [0.5, 0.6) is 5.75 Å². The van der Waals surface area contributed by atoms with Crippen LogP contribution in [-0.4, -0.2) is 24.2 Å². The molecule has 0 bridgehead atoms. The minimum absolute atomic E-state index is 0.0528. The number of amides is 2. The molecule has 0 unspecified atom stereocenters. The highest BCUT2D eigenvalue weighted by molar-refractivity contribution is 5.95. The smallest absolute Gasteiger partial charge is 0.258 e. The molecule has 2 amide bonds. The third kappa shape index (κ3) is 5.42. The summed E-state index contributed by atoms with van der Waals surface area (Å²) >= 11 is 0. The van der Waals surface area contributed by atoms with Crippen LogP contribution in [-0.2, 0) is 16.1 Å². The Morgan fingerprint density at radius 3 is 2.61 bits per heavy atom. The highest BCUT2D eigenvalue weighted by Crippen LogP contribution is 2.30. The molecule has 0 aromatic heterocycles. The van der Waals surface area contributed by atoms with Crippen molar-refractivity contribution in [3.05, 3.63) is 59.2 Å². The Morgan fingerprint density at radius 2 is 1.89 bits per heavy atom. The van der Waals surface area contributed by atoms with Crippen molar-refractivity contribution in [1.29, 1.82) is 0 Å². The molecule has 3 rings (SSSR count). The topological polar surface area (TPSA) is 84.5 Å². The molecular formula is C22H24N2O4. The minimum atomic E-state index is -0.264. The SMILES string of the molecule is CC(=O)c1ccc(C)c(OCC(=O)NCc2cccc(NC(=O)C3CC3)c2)c1. The molecule has 0 heterocycles. The van der Waals surface area contributed by atoms with Gasteiger partial charge in [0, 0.05) is 23.7 Å². The quantitative estimate of drug-likeness (QED) is 0.689. The molecule has 1 saturated carbocycles. The van der Waals surface area contributed by atoms with Gasteiger partial charge in [-0.25, -0.2) is 0 Å². The van der Waals surface area contributed by atoms with E-state index in [0.717, 1.165) is 29.7 Å². The molecule has 2 aromatic rings. The third-order valence-electron chi connectivity index (χ3n) is 4.59. The average Bonchev–Trinajstić information content (AvgIpc) is 3.51. The lowest BCUT2D eigenvalue weighted by Crippen LogP contribution is -2.28. The Balaban J connectivity index is 1.50. The van der Waals surface area contributed by atoms with Crippen LogP contribution in [0.25, 0.3) is 0 Å². The van der Waals surface area contributed by atoms with E-state index < -0.39 is 0 Å². The molecule has 0 radical (unpaired) electrons. The van der Waals surface area contributed by atoms with Crippen molar-refractivity contribution in [1.82, 2.24) is 5.32 Å². The number of aryl methyl sites for hydroxylation is 1. The summed E-state index contributed by atoms with van der Waals surface area (Å²) in [6.07, 6.45) is 1.91. The highest BCUT2D eigenvalue weighted by Gasteiger charge is 2.29. The summed E-state index contributed by atoms with van der Waals surface area (Å²) in [5, 5.41) is 5.69. The molecular weight excluding hydrogens is 356 g/mol. The molecule has 2 aromatic carbocycles. The number of hydrogen-bond acceptors (Lipinski definition) is 4. The van der Waals surface area contributed by atoms with Crippen molar-refractivity contribution < 1.29 is 19.1 Å². The van der Waals surface area contributed by atoms with Crippen LogP contribution in [0.1, 0.15) is 41.3 Å². The average molecular weight is 380 g/mol. The summed E-state index contributed by atoms with van der Waals surface area (Å²) in [6.45, 7) is 3.54. The molecule has 1 aliphatic carbocycles. The summed E-state index contributed by atoms with van der Waals surface area (Å²) in [5.74, 6) is 0.402. The van der Waals surface area contributed by atoms with Gasteiger partial charge in [-0.05, 0) is 56.0 Å². The lowest BCUT2D eigenvalue weighted by Gasteiger charge is -2.11. The van der Waals surface area contributed by atoms with Gasteiger partial charge in [0.2, 0.25) is 5.91 Å². The minimum Gasteiger partial charge on any atom is -0.483 e. The van der Waals surface area contributed by atoms with Gasteiger partial charge in [-0.3, -0.25) is 14.4 Å². The van der Waals surface area contributed by atoms with Crippen molar-refractivity contribution in [2.75, 3.05) is 11.9 Å². The van der Waals surface area contributed by atoms with Crippen LogP contribution in [0.3, 0.4) is 0 Å². The van der Waals surface area contributed by atoms with E-state index in [4.69, 9.17) is 4.74 Å². The van der Waals surface area contributed by atoms with E-state index >= 15 is 0 Å². The van der Waals surface area contributed by atoms with Gasteiger partial charge in [-0.15, -0.1) is 0 Å². The van der Waals surface area contributed by atoms with Gasteiger partial charge < -0.3 is 15.4 Å². The van der Waals surface area contributed by atoms with E-state index in [0.29, 0.717) is 17.9 Å². The molecule has 28 heavy (non-hydrogen) atoms. The van der Waals surface area contributed by atoms with Gasteiger partial charge in [0.1, 0.15) is 5.75 Å². The second-order valence-electron chi connectivity index (χ2n) is 7.07. The number of nitrogens with one attached hydrogen (secondary N) is 2. The molecule has 1 aliphatic rings. The first-order valence-electron chi connectivity index (χ1n) is 9.33. The molecule has 6 heteroatoms. The maximum absolute atomic E-state index is 12.1. The number of Topliss-reactive ketones (excluding diaryl/α,β-unsaturated/α-hetero) is 1. The molecule has 0 aliphatic heterocycles. The van der Waals surface area contributed by atoms with E-state index in [2.05, 4.69) is 10.6 Å². The van der Waals surface area contributed by atoms with Crippen LogP contribution in [0.2, 0.25) is 0 Å². The highest BCUT2D eigenvalue weighted by atomic mass is 16.5. The number of anilines is 1. The van der Waals surface area contributed by atoms with Crippen molar-refractivity contribution in [2.24, 2.45) is 5.92 Å². The lowest BCUT2D eigenvalue weighted by atomic mass is 10.1. The molecule has 0 atom stereocenters. The van der Waals surface area contributed by atoms with Gasteiger partial charge in [-0.1, -0.05) is 24.3 Å². The van der Waals surface area contributed by atoms with Gasteiger partial charge >= 0.3 is 0 Å². The summed E-state index contributed by atoms with van der Waals surface area (Å²) in [7, 11) is 0. The maximum Gasteiger partial charge on any atom is 0.258 e. The first-order chi connectivity index (χ1) is 13.4. The molecule has 0 spiro atoms. The fourth-order valence-corrected chi connectivity index (χ4v) is 2.72. The van der Waals surface area contributed by atoms with E-state index in [1.165, 1.54) is 6.92 Å². The zero-order valence-corrected chi connectivity index (χ0v) is 16.1. The van der Waals surface area contributed by atoms with Crippen molar-refractivity contribution in [2.45, 2.75) is 33.2 Å². The Kier molecular flexibility index (Phi) is 6.09. The second kappa shape index (κ2) is 8.69. The van der Waals surface area contributed by atoms with Crippen LogP contribution >= 0.6 is 0 Å². The summed E-state index contributed by atoms with van der Waals surface area (Å²) in [5.41, 5.74) is 3.02. The van der Waals surface area contributed by atoms with Crippen molar-refractivity contribution in [3.63, 3.8) is 0 Å². The molecule has 6 nitrogen and oxygen atoms in total. The Morgan fingerprint density at radius 1 is 1.11 bits per heavy atom.